The predicted molar refractivity (Wildman–Crippen MR) is 107 cm³/mol. The molecule has 8 nitrogen and oxygen atoms in total. The van der Waals surface area contributed by atoms with E-state index in [9.17, 15) is 18.0 Å². The number of carbonyl (C=O) groups excluding carboxylic acids is 1. The lowest BCUT2D eigenvalue weighted by atomic mass is 9.94. The molecule has 1 saturated heterocycles. The molecule has 0 aromatic carbocycles. The van der Waals surface area contributed by atoms with E-state index in [4.69, 9.17) is 4.74 Å². The van der Waals surface area contributed by atoms with Crippen LogP contribution in [0.2, 0.25) is 0 Å². The minimum absolute atomic E-state index is 0.284. The van der Waals surface area contributed by atoms with Crippen molar-refractivity contribution in [3.05, 3.63) is 30.9 Å². The van der Waals surface area contributed by atoms with Crippen molar-refractivity contribution in [2.45, 2.75) is 31.7 Å². The fourth-order valence-electron chi connectivity index (χ4n) is 3.95. The summed E-state index contributed by atoms with van der Waals surface area (Å²) in [4.78, 5) is 27.6. The SMILES string of the molecule is O=C(OC1CC(F)C1)N1CCN(c2ccnc3[nH]c(-c4cn(C(F)F)cn4)cc23)CC1. The summed E-state index contributed by atoms with van der Waals surface area (Å²) in [5, 5.41) is 0.851. The maximum absolute atomic E-state index is 12.9. The van der Waals surface area contributed by atoms with E-state index >= 15 is 0 Å². The molecule has 1 aliphatic heterocycles. The van der Waals surface area contributed by atoms with E-state index in [1.807, 2.05) is 12.1 Å². The molecule has 1 amide bonds. The second kappa shape index (κ2) is 7.78. The molecule has 1 N–H and O–H groups in total. The second-order valence-corrected chi connectivity index (χ2v) is 7.81. The molecule has 1 aliphatic carbocycles. The van der Waals surface area contributed by atoms with Gasteiger partial charge in [0.1, 0.15) is 23.6 Å². The topological polar surface area (TPSA) is 79.3 Å². The highest BCUT2D eigenvalue weighted by Gasteiger charge is 2.34. The van der Waals surface area contributed by atoms with Crippen molar-refractivity contribution in [2.75, 3.05) is 31.1 Å². The van der Waals surface area contributed by atoms with Crippen LogP contribution in [0.4, 0.5) is 23.7 Å². The number of H-pyrrole nitrogens is 1. The van der Waals surface area contributed by atoms with Crippen molar-refractivity contribution in [1.82, 2.24) is 24.4 Å². The number of piperazine rings is 1. The summed E-state index contributed by atoms with van der Waals surface area (Å²) < 4.78 is 44.7. The van der Waals surface area contributed by atoms with Gasteiger partial charge in [0.05, 0.1) is 12.0 Å². The molecule has 0 radical (unpaired) electrons. The average molecular weight is 434 g/mol. The molecule has 2 aliphatic rings. The molecular weight excluding hydrogens is 413 g/mol. The van der Waals surface area contributed by atoms with Crippen molar-refractivity contribution in [1.29, 1.82) is 0 Å². The third-order valence-corrected chi connectivity index (χ3v) is 5.80. The van der Waals surface area contributed by atoms with Gasteiger partial charge in [-0.15, -0.1) is 0 Å². The van der Waals surface area contributed by atoms with Crippen LogP contribution in [0.3, 0.4) is 0 Å². The fraction of sp³-hybridized carbons (Fsp3) is 0.450. The zero-order valence-corrected chi connectivity index (χ0v) is 16.5. The van der Waals surface area contributed by atoms with E-state index < -0.39 is 18.8 Å². The minimum Gasteiger partial charge on any atom is -0.446 e. The lowest BCUT2D eigenvalue weighted by molar-refractivity contribution is -0.0132. The van der Waals surface area contributed by atoms with Crippen molar-refractivity contribution in [3.63, 3.8) is 0 Å². The number of nitrogens with zero attached hydrogens (tertiary/aromatic N) is 5. The van der Waals surface area contributed by atoms with Crippen molar-refractivity contribution in [2.24, 2.45) is 0 Å². The number of hydrogen-bond acceptors (Lipinski definition) is 5. The monoisotopic (exact) mass is 434 g/mol. The Bertz CT molecular complexity index is 1090. The van der Waals surface area contributed by atoms with Gasteiger partial charge in [0, 0.05) is 62.5 Å². The number of hydrogen-bond donors (Lipinski definition) is 1. The number of pyridine rings is 1. The highest BCUT2D eigenvalue weighted by molar-refractivity contribution is 5.93. The van der Waals surface area contributed by atoms with Gasteiger partial charge in [-0.1, -0.05) is 0 Å². The van der Waals surface area contributed by atoms with Crippen LogP contribution in [0, 0.1) is 0 Å². The number of aromatic nitrogens is 4. The third-order valence-electron chi connectivity index (χ3n) is 5.80. The molecule has 2 fully saturated rings. The number of nitrogens with one attached hydrogen (secondary N) is 1. The number of fused-ring (bicyclic) bond motifs is 1. The molecule has 4 heterocycles. The number of rotatable bonds is 4. The molecule has 31 heavy (non-hydrogen) atoms. The number of anilines is 1. The Kier molecular flexibility index (Phi) is 4.95. The molecule has 0 unspecified atom stereocenters. The molecule has 1 saturated carbocycles. The summed E-state index contributed by atoms with van der Waals surface area (Å²) in [7, 11) is 0. The van der Waals surface area contributed by atoms with Gasteiger partial charge in [-0.25, -0.2) is 19.2 Å². The molecule has 5 rings (SSSR count). The highest BCUT2D eigenvalue weighted by Crippen LogP contribution is 2.31. The lowest BCUT2D eigenvalue weighted by Crippen LogP contribution is -2.50. The van der Waals surface area contributed by atoms with Gasteiger partial charge in [-0.3, -0.25) is 4.57 Å². The van der Waals surface area contributed by atoms with E-state index in [0.717, 1.165) is 22.0 Å². The molecule has 164 valence electrons. The van der Waals surface area contributed by atoms with Crippen LogP contribution in [-0.4, -0.2) is 69.0 Å². The zero-order valence-electron chi connectivity index (χ0n) is 16.5. The number of aromatic amines is 1. The van der Waals surface area contributed by atoms with E-state index in [-0.39, 0.29) is 18.9 Å². The van der Waals surface area contributed by atoms with Gasteiger partial charge in [0.15, 0.2) is 0 Å². The summed E-state index contributed by atoms with van der Waals surface area (Å²) in [6.07, 6.45) is 3.06. The Labute approximate surface area is 175 Å². The van der Waals surface area contributed by atoms with E-state index in [0.29, 0.717) is 43.2 Å². The Morgan fingerprint density at radius 1 is 1.19 bits per heavy atom. The van der Waals surface area contributed by atoms with Crippen LogP contribution in [0.1, 0.15) is 19.4 Å². The van der Waals surface area contributed by atoms with Crippen molar-refractivity contribution < 1.29 is 22.7 Å². The highest BCUT2D eigenvalue weighted by atomic mass is 19.3. The summed E-state index contributed by atoms with van der Waals surface area (Å²) in [6.45, 7) is -0.462. The quantitative estimate of drug-likeness (QED) is 0.679. The summed E-state index contributed by atoms with van der Waals surface area (Å²) in [6, 6.07) is 3.74. The predicted octanol–water partition coefficient (Wildman–Crippen LogP) is 3.58. The largest absolute Gasteiger partial charge is 0.446 e. The van der Waals surface area contributed by atoms with Gasteiger partial charge in [-0.2, -0.15) is 8.78 Å². The van der Waals surface area contributed by atoms with Crippen LogP contribution in [0.15, 0.2) is 30.9 Å². The number of ether oxygens (including phenoxy) is 1. The van der Waals surface area contributed by atoms with Crippen LogP contribution >= 0.6 is 0 Å². The molecule has 3 aromatic rings. The van der Waals surface area contributed by atoms with Crippen LogP contribution in [-0.2, 0) is 4.74 Å². The molecule has 11 heteroatoms. The Morgan fingerprint density at radius 2 is 1.97 bits per heavy atom. The number of amides is 1. The summed E-state index contributed by atoms with van der Waals surface area (Å²) >= 11 is 0. The Hall–Kier alpha value is -3.24. The van der Waals surface area contributed by atoms with Gasteiger partial charge < -0.3 is 19.5 Å². The van der Waals surface area contributed by atoms with Gasteiger partial charge >= 0.3 is 12.6 Å². The van der Waals surface area contributed by atoms with Crippen LogP contribution < -0.4 is 4.90 Å². The number of halogens is 3. The van der Waals surface area contributed by atoms with E-state index in [2.05, 4.69) is 19.9 Å². The fourth-order valence-corrected chi connectivity index (χ4v) is 3.95. The molecule has 0 bridgehead atoms. The summed E-state index contributed by atoms with van der Waals surface area (Å²) in [5.41, 5.74) is 2.58. The maximum atomic E-state index is 12.9. The van der Waals surface area contributed by atoms with Crippen LogP contribution in [0.25, 0.3) is 22.4 Å². The first-order chi connectivity index (χ1) is 15.0. The standard InChI is InChI=1S/C20H21F3N6O2/c21-12-7-13(8-12)31-20(30)28-5-3-27(4-6-28)17-1-2-24-18-14(17)9-15(26-18)16-10-29(11-25-16)19(22)23/h1-2,9-13,19H,3-8H2,(H,24,26). The smallest absolute Gasteiger partial charge is 0.410 e. The second-order valence-electron chi connectivity index (χ2n) is 7.81. The van der Waals surface area contributed by atoms with E-state index in [1.165, 1.54) is 6.20 Å². The van der Waals surface area contributed by atoms with Gasteiger partial charge in [0.2, 0.25) is 0 Å². The third kappa shape index (κ3) is 3.79. The van der Waals surface area contributed by atoms with Crippen molar-refractivity contribution in [3.8, 4) is 11.4 Å². The Balaban J connectivity index is 1.29. The van der Waals surface area contributed by atoms with Gasteiger partial charge in [0.25, 0.3) is 0 Å². The first kappa shape index (κ1) is 19.7. The molecule has 3 aromatic heterocycles. The number of alkyl halides is 3. The van der Waals surface area contributed by atoms with Crippen LogP contribution in [0.5, 0.6) is 0 Å². The Morgan fingerprint density at radius 3 is 2.65 bits per heavy atom. The molecule has 0 spiro atoms. The number of carbonyl (C=O) groups is 1. The van der Waals surface area contributed by atoms with E-state index in [1.54, 1.807) is 11.1 Å². The lowest BCUT2D eigenvalue weighted by Gasteiger charge is -2.37. The molecular formula is C20H21F3N6O2. The molecule has 0 atom stereocenters. The summed E-state index contributed by atoms with van der Waals surface area (Å²) in [5.74, 6) is 0. The first-order valence-corrected chi connectivity index (χ1v) is 10.1. The first-order valence-electron chi connectivity index (χ1n) is 10.1. The zero-order chi connectivity index (χ0) is 21.5. The average Bonchev–Trinajstić information content (AvgIpc) is 3.39. The maximum Gasteiger partial charge on any atom is 0.410 e. The minimum atomic E-state index is -2.65. The number of imidazole rings is 1. The normalized spacial score (nSPS) is 21.5. The van der Waals surface area contributed by atoms with Crippen molar-refractivity contribution >= 4 is 22.8 Å². The van der Waals surface area contributed by atoms with Gasteiger partial charge in [-0.05, 0) is 12.1 Å².